The molecule has 0 amide bonds. The number of rotatable bonds is 2. The van der Waals surface area contributed by atoms with Crippen molar-refractivity contribution in [3.8, 4) is 0 Å². The molecule has 3 heteroatoms. The molecule has 0 saturated heterocycles. The molecule has 0 spiro atoms. The van der Waals surface area contributed by atoms with Crippen LogP contribution in [-0.4, -0.2) is 16.3 Å². The quantitative estimate of drug-likeness (QED) is 0.704. The predicted molar refractivity (Wildman–Crippen MR) is 47.8 cm³/mol. The number of nitrogens with zero attached hydrogens (tertiary/aromatic N) is 2. The largest absolute Gasteiger partial charge is 0.330 e. The summed E-state index contributed by atoms with van der Waals surface area (Å²) < 4.78 is 1.98. The van der Waals surface area contributed by atoms with Crippen molar-refractivity contribution in [2.75, 3.05) is 6.54 Å². The van der Waals surface area contributed by atoms with E-state index in [1.807, 2.05) is 18.7 Å². The normalized spacial score (nSPS) is 27.6. The Morgan fingerprint density at radius 1 is 1.75 bits per heavy atom. The van der Waals surface area contributed by atoms with Crippen LogP contribution in [0.4, 0.5) is 0 Å². The molecule has 2 N–H and O–H groups in total. The number of hydrogen-bond donors (Lipinski definition) is 1. The van der Waals surface area contributed by atoms with E-state index in [2.05, 4.69) is 11.2 Å². The molecule has 2 atom stereocenters. The van der Waals surface area contributed by atoms with Crippen LogP contribution in [-0.2, 0) is 7.05 Å². The number of hydrogen-bond acceptors (Lipinski definition) is 2. The van der Waals surface area contributed by atoms with Crippen molar-refractivity contribution < 1.29 is 0 Å². The third-order valence-corrected chi connectivity index (χ3v) is 2.64. The first-order chi connectivity index (χ1) is 5.72. The van der Waals surface area contributed by atoms with Crippen LogP contribution < -0.4 is 5.73 Å². The average Bonchev–Trinajstić information content (AvgIpc) is 2.72. The zero-order valence-electron chi connectivity index (χ0n) is 7.62. The Morgan fingerprint density at radius 3 is 2.92 bits per heavy atom. The van der Waals surface area contributed by atoms with Crippen molar-refractivity contribution in [2.24, 2.45) is 18.7 Å². The van der Waals surface area contributed by atoms with E-state index in [1.54, 1.807) is 0 Å². The molecule has 1 aromatic heterocycles. The first-order valence-corrected chi connectivity index (χ1v) is 4.43. The summed E-state index contributed by atoms with van der Waals surface area (Å²) in [4.78, 5) is 0. The fourth-order valence-electron chi connectivity index (χ4n) is 1.85. The molecule has 1 fully saturated rings. The van der Waals surface area contributed by atoms with Gasteiger partial charge in [0.15, 0.2) is 0 Å². The zero-order valence-corrected chi connectivity index (χ0v) is 7.62. The van der Waals surface area contributed by atoms with E-state index >= 15 is 0 Å². The van der Waals surface area contributed by atoms with Gasteiger partial charge in [0.25, 0.3) is 0 Å². The van der Waals surface area contributed by atoms with E-state index in [4.69, 9.17) is 5.73 Å². The van der Waals surface area contributed by atoms with Crippen LogP contribution in [0.3, 0.4) is 0 Å². The third-order valence-electron chi connectivity index (χ3n) is 2.64. The molecule has 1 aliphatic rings. The summed E-state index contributed by atoms with van der Waals surface area (Å²) in [6.07, 6.45) is 1.25. The summed E-state index contributed by atoms with van der Waals surface area (Å²) in [6.45, 7) is 2.85. The van der Waals surface area contributed by atoms with Crippen molar-refractivity contribution in [1.82, 2.24) is 9.78 Å². The lowest BCUT2D eigenvalue weighted by atomic mass is 10.2. The van der Waals surface area contributed by atoms with Gasteiger partial charge < -0.3 is 5.73 Å². The molecule has 1 aromatic rings. The molecule has 1 aliphatic carbocycles. The van der Waals surface area contributed by atoms with E-state index in [-0.39, 0.29) is 0 Å². The maximum atomic E-state index is 5.59. The first-order valence-electron chi connectivity index (χ1n) is 4.43. The van der Waals surface area contributed by atoms with E-state index in [0.29, 0.717) is 11.8 Å². The Hall–Kier alpha value is -0.830. The smallest absolute Gasteiger partial charge is 0.0596 e. The molecule has 0 radical (unpaired) electrons. The Balaban J connectivity index is 2.19. The van der Waals surface area contributed by atoms with Gasteiger partial charge in [-0.1, -0.05) is 0 Å². The highest BCUT2D eigenvalue weighted by Gasteiger charge is 2.38. The Labute approximate surface area is 72.6 Å². The van der Waals surface area contributed by atoms with Crippen LogP contribution in [0.25, 0.3) is 0 Å². The van der Waals surface area contributed by atoms with Gasteiger partial charge in [0.2, 0.25) is 0 Å². The van der Waals surface area contributed by atoms with E-state index in [0.717, 1.165) is 12.2 Å². The number of aromatic nitrogens is 2. The van der Waals surface area contributed by atoms with E-state index < -0.39 is 0 Å². The van der Waals surface area contributed by atoms with Crippen molar-refractivity contribution in [3.63, 3.8) is 0 Å². The molecule has 0 aliphatic heterocycles. The van der Waals surface area contributed by atoms with Crippen LogP contribution in [0.1, 0.15) is 23.7 Å². The van der Waals surface area contributed by atoms with Gasteiger partial charge in [-0.05, 0) is 31.9 Å². The fourth-order valence-corrected chi connectivity index (χ4v) is 1.85. The van der Waals surface area contributed by atoms with Gasteiger partial charge in [0.1, 0.15) is 0 Å². The summed E-state index contributed by atoms with van der Waals surface area (Å²) in [5.74, 6) is 1.39. The summed E-state index contributed by atoms with van der Waals surface area (Å²) in [7, 11) is 2.01. The predicted octanol–water partition coefficient (Wildman–Crippen LogP) is 0.791. The lowest BCUT2D eigenvalue weighted by Gasteiger charge is -1.98. The second kappa shape index (κ2) is 2.59. The molecule has 3 nitrogen and oxygen atoms in total. The van der Waals surface area contributed by atoms with Crippen LogP contribution in [0.2, 0.25) is 0 Å². The molecule has 0 aromatic carbocycles. The third kappa shape index (κ3) is 1.14. The van der Waals surface area contributed by atoms with Crippen LogP contribution in [0.15, 0.2) is 6.07 Å². The topological polar surface area (TPSA) is 43.8 Å². The minimum Gasteiger partial charge on any atom is -0.330 e. The highest BCUT2D eigenvalue weighted by molar-refractivity contribution is 5.20. The molecule has 0 bridgehead atoms. The van der Waals surface area contributed by atoms with Crippen molar-refractivity contribution in [2.45, 2.75) is 19.3 Å². The highest BCUT2D eigenvalue weighted by Crippen LogP contribution is 2.46. The number of nitrogens with two attached hydrogens (primary N) is 1. The lowest BCUT2D eigenvalue weighted by Crippen LogP contribution is -2.04. The Morgan fingerprint density at radius 2 is 2.50 bits per heavy atom. The minimum absolute atomic E-state index is 0.682. The second-order valence-corrected chi connectivity index (χ2v) is 3.67. The molecular formula is C9H15N3. The Kier molecular flexibility index (Phi) is 1.68. The standard InChI is InChI=1S/C9H15N3/c1-6-3-9(12(2)11-6)8-4-7(8)5-10/h3,7-8H,4-5,10H2,1-2H3/t7-,8+/m0/s1. The summed E-state index contributed by atoms with van der Waals surface area (Å²) in [6, 6.07) is 2.17. The molecule has 2 rings (SSSR count). The molecule has 0 unspecified atom stereocenters. The summed E-state index contributed by atoms with van der Waals surface area (Å²) in [5.41, 5.74) is 8.05. The molecule has 1 heterocycles. The van der Waals surface area contributed by atoms with Crippen molar-refractivity contribution in [3.05, 3.63) is 17.5 Å². The first kappa shape index (κ1) is 7.80. The van der Waals surface area contributed by atoms with Gasteiger partial charge in [0, 0.05) is 18.7 Å². The molecule has 12 heavy (non-hydrogen) atoms. The van der Waals surface area contributed by atoms with Crippen molar-refractivity contribution >= 4 is 0 Å². The highest BCUT2D eigenvalue weighted by atomic mass is 15.3. The van der Waals surface area contributed by atoms with Gasteiger partial charge in [-0.3, -0.25) is 4.68 Å². The van der Waals surface area contributed by atoms with Crippen LogP contribution in [0, 0.1) is 12.8 Å². The van der Waals surface area contributed by atoms with Gasteiger partial charge in [-0.2, -0.15) is 5.10 Å². The maximum Gasteiger partial charge on any atom is 0.0596 e. The molecule has 1 saturated carbocycles. The lowest BCUT2D eigenvalue weighted by molar-refractivity contribution is 0.685. The van der Waals surface area contributed by atoms with E-state index in [9.17, 15) is 0 Å². The number of aryl methyl sites for hydroxylation is 2. The average molecular weight is 165 g/mol. The van der Waals surface area contributed by atoms with E-state index in [1.165, 1.54) is 12.1 Å². The maximum absolute atomic E-state index is 5.59. The van der Waals surface area contributed by atoms with Gasteiger partial charge in [-0.15, -0.1) is 0 Å². The van der Waals surface area contributed by atoms with Crippen LogP contribution in [0.5, 0.6) is 0 Å². The monoisotopic (exact) mass is 165 g/mol. The zero-order chi connectivity index (χ0) is 8.72. The fraction of sp³-hybridized carbons (Fsp3) is 0.667. The van der Waals surface area contributed by atoms with Crippen molar-refractivity contribution in [1.29, 1.82) is 0 Å². The van der Waals surface area contributed by atoms with Crippen LogP contribution >= 0.6 is 0 Å². The molecule has 66 valence electrons. The summed E-state index contributed by atoms with van der Waals surface area (Å²) >= 11 is 0. The SMILES string of the molecule is Cc1cc([C@@H]2C[C@H]2CN)n(C)n1. The Bertz CT molecular complexity index is 290. The second-order valence-electron chi connectivity index (χ2n) is 3.67. The molecular weight excluding hydrogens is 150 g/mol. The van der Waals surface area contributed by atoms with Gasteiger partial charge in [-0.25, -0.2) is 0 Å². The van der Waals surface area contributed by atoms with Gasteiger partial charge >= 0.3 is 0 Å². The minimum atomic E-state index is 0.682. The summed E-state index contributed by atoms with van der Waals surface area (Å²) in [5, 5.41) is 4.32. The van der Waals surface area contributed by atoms with Gasteiger partial charge in [0.05, 0.1) is 5.69 Å².